The third kappa shape index (κ3) is 6.63. The molecular weight excluding hydrogens is 294 g/mol. The normalized spacial score (nSPS) is 12.5. The SMILES string of the molecule is CCCC(NC(=O)CC(C)(C)CC(=O)c1ccccc1)C(=O)O. The molecule has 1 rings (SSSR count). The molecule has 1 aromatic carbocycles. The Bertz CT molecular complexity index is 551. The van der Waals surface area contributed by atoms with E-state index >= 15 is 0 Å². The first-order chi connectivity index (χ1) is 10.7. The summed E-state index contributed by atoms with van der Waals surface area (Å²) in [7, 11) is 0. The molecule has 0 bridgehead atoms. The second-order valence-corrected chi connectivity index (χ2v) is 6.55. The highest BCUT2D eigenvalue weighted by molar-refractivity contribution is 5.96. The van der Waals surface area contributed by atoms with Crippen LogP contribution in [0.2, 0.25) is 0 Å². The molecule has 0 fully saturated rings. The first-order valence-corrected chi connectivity index (χ1v) is 7.85. The van der Waals surface area contributed by atoms with Gasteiger partial charge in [0.1, 0.15) is 6.04 Å². The third-order valence-electron chi connectivity index (χ3n) is 3.58. The number of nitrogens with one attached hydrogen (secondary N) is 1. The quantitative estimate of drug-likeness (QED) is 0.685. The van der Waals surface area contributed by atoms with E-state index in [1.54, 1.807) is 24.3 Å². The van der Waals surface area contributed by atoms with E-state index in [0.29, 0.717) is 18.4 Å². The molecule has 0 spiro atoms. The fourth-order valence-electron chi connectivity index (χ4n) is 2.45. The van der Waals surface area contributed by atoms with E-state index in [9.17, 15) is 14.4 Å². The largest absolute Gasteiger partial charge is 0.480 e. The maximum absolute atomic E-state index is 12.2. The molecule has 1 atom stereocenters. The average molecular weight is 319 g/mol. The van der Waals surface area contributed by atoms with Gasteiger partial charge in [-0.1, -0.05) is 57.5 Å². The summed E-state index contributed by atoms with van der Waals surface area (Å²) < 4.78 is 0. The van der Waals surface area contributed by atoms with Crippen molar-refractivity contribution in [2.24, 2.45) is 5.41 Å². The monoisotopic (exact) mass is 319 g/mol. The van der Waals surface area contributed by atoms with Gasteiger partial charge in [0.05, 0.1) is 0 Å². The number of carboxylic acid groups (broad SMARTS) is 1. The number of hydrogen-bond donors (Lipinski definition) is 2. The lowest BCUT2D eigenvalue weighted by Gasteiger charge is -2.24. The Kier molecular flexibility index (Phi) is 6.94. The van der Waals surface area contributed by atoms with E-state index in [2.05, 4.69) is 5.32 Å². The van der Waals surface area contributed by atoms with Crippen molar-refractivity contribution in [3.63, 3.8) is 0 Å². The molecule has 0 aliphatic heterocycles. The van der Waals surface area contributed by atoms with E-state index < -0.39 is 17.4 Å². The molecule has 23 heavy (non-hydrogen) atoms. The molecule has 0 heterocycles. The van der Waals surface area contributed by atoms with Crippen molar-refractivity contribution < 1.29 is 19.5 Å². The van der Waals surface area contributed by atoms with Crippen LogP contribution in [0.1, 0.15) is 56.8 Å². The minimum atomic E-state index is -1.03. The molecule has 1 aromatic rings. The molecule has 5 nitrogen and oxygen atoms in total. The van der Waals surface area contributed by atoms with Gasteiger partial charge in [-0.2, -0.15) is 0 Å². The van der Waals surface area contributed by atoms with E-state index in [1.165, 1.54) is 0 Å². The summed E-state index contributed by atoms with van der Waals surface area (Å²) in [5, 5.41) is 11.6. The van der Waals surface area contributed by atoms with Gasteiger partial charge in [0.2, 0.25) is 5.91 Å². The smallest absolute Gasteiger partial charge is 0.326 e. The summed E-state index contributed by atoms with van der Waals surface area (Å²) in [5.74, 6) is -1.39. The maximum Gasteiger partial charge on any atom is 0.326 e. The van der Waals surface area contributed by atoms with Crippen molar-refractivity contribution in [3.8, 4) is 0 Å². The van der Waals surface area contributed by atoms with Crippen LogP contribution in [0.25, 0.3) is 0 Å². The second kappa shape index (κ2) is 8.46. The maximum atomic E-state index is 12.2. The number of amides is 1. The molecule has 1 amide bonds. The highest BCUT2D eigenvalue weighted by Gasteiger charge is 2.28. The Morgan fingerprint density at radius 1 is 1.13 bits per heavy atom. The summed E-state index contributed by atoms with van der Waals surface area (Å²) >= 11 is 0. The lowest BCUT2D eigenvalue weighted by Crippen LogP contribution is -2.42. The van der Waals surface area contributed by atoms with Gasteiger partial charge >= 0.3 is 5.97 Å². The van der Waals surface area contributed by atoms with E-state index in [0.717, 1.165) is 0 Å². The summed E-state index contributed by atoms with van der Waals surface area (Å²) in [5.41, 5.74) is 0.0853. The first kappa shape index (κ1) is 18.9. The minimum absolute atomic E-state index is 0.0215. The Labute approximate surface area is 137 Å². The number of carboxylic acids is 1. The van der Waals surface area contributed by atoms with Gasteiger partial charge in [-0.25, -0.2) is 4.79 Å². The van der Waals surface area contributed by atoms with Gasteiger partial charge in [-0.15, -0.1) is 0 Å². The zero-order valence-corrected chi connectivity index (χ0v) is 14.0. The molecular formula is C18H25NO4. The molecule has 0 aliphatic carbocycles. The van der Waals surface area contributed by atoms with Crippen molar-refractivity contribution >= 4 is 17.7 Å². The predicted molar refractivity (Wildman–Crippen MR) is 88.3 cm³/mol. The standard InChI is InChI=1S/C18H25NO4/c1-4-8-14(17(22)23)19-16(21)12-18(2,3)11-15(20)13-9-6-5-7-10-13/h5-7,9-10,14H,4,8,11-12H2,1-3H3,(H,19,21)(H,22,23). The highest BCUT2D eigenvalue weighted by Crippen LogP contribution is 2.27. The topological polar surface area (TPSA) is 83.5 Å². The van der Waals surface area contributed by atoms with Crippen molar-refractivity contribution in [2.45, 2.75) is 52.5 Å². The van der Waals surface area contributed by atoms with E-state index in [-0.39, 0.29) is 24.5 Å². The van der Waals surface area contributed by atoms with Gasteiger partial charge < -0.3 is 10.4 Å². The Morgan fingerprint density at radius 2 is 1.74 bits per heavy atom. The fraction of sp³-hybridized carbons (Fsp3) is 0.500. The van der Waals surface area contributed by atoms with Crippen molar-refractivity contribution in [1.29, 1.82) is 0 Å². The summed E-state index contributed by atoms with van der Waals surface area (Å²) in [6.45, 7) is 5.54. The Balaban J connectivity index is 2.61. The predicted octanol–water partition coefficient (Wildman–Crippen LogP) is 3.05. The molecule has 2 N–H and O–H groups in total. The number of hydrogen-bond acceptors (Lipinski definition) is 3. The molecule has 1 unspecified atom stereocenters. The van der Waals surface area contributed by atoms with Crippen LogP contribution in [0.5, 0.6) is 0 Å². The van der Waals surface area contributed by atoms with Crippen LogP contribution in [-0.2, 0) is 9.59 Å². The average Bonchev–Trinajstić information content (AvgIpc) is 2.46. The van der Waals surface area contributed by atoms with Gasteiger partial charge in [0.25, 0.3) is 0 Å². The number of carbonyl (C=O) groups is 3. The Morgan fingerprint density at radius 3 is 2.26 bits per heavy atom. The zero-order chi connectivity index (χ0) is 17.5. The molecule has 0 radical (unpaired) electrons. The van der Waals surface area contributed by atoms with Gasteiger partial charge in [-0.3, -0.25) is 9.59 Å². The van der Waals surface area contributed by atoms with Crippen LogP contribution in [-0.4, -0.2) is 28.8 Å². The van der Waals surface area contributed by atoms with Crippen LogP contribution >= 0.6 is 0 Å². The number of aliphatic carboxylic acids is 1. The van der Waals surface area contributed by atoms with Crippen LogP contribution in [0.15, 0.2) is 30.3 Å². The third-order valence-corrected chi connectivity index (χ3v) is 3.58. The van der Waals surface area contributed by atoms with Crippen LogP contribution in [0.3, 0.4) is 0 Å². The number of ketones is 1. The van der Waals surface area contributed by atoms with Crippen molar-refractivity contribution in [2.75, 3.05) is 0 Å². The molecule has 0 saturated heterocycles. The molecule has 126 valence electrons. The molecule has 0 aliphatic rings. The number of Topliss-reactive ketones (excluding diaryl/α,β-unsaturated/α-hetero) is 1. The van der Waals surface area contributed by atoms with Crippen molar-refractivity contribution in [3.05, 3.63) is 35.9 Å². The van der Waals surface area contributed by atoms with Crippen LogP contribution < -0.4 is 5.32 Å². The van der Waals surface area contributed by atoms with Gasteiger partial charge in [0.15, 0.2) is 5.78 Å². The molecule has 0 aromatic heterocycles. The summed E-state index contributed by atoms with van der Waals surface area (Å²) in [4.78, 5) is 35.4. The summed E-state index contributed by atoms with van der Waals surface area (Å²) in [6.07, 6.45) is 1.41. The van der Waals surface area contributed by atoms with E-state index in [1.807, 2.05) is 26.8 Å². The van der Waals surface area contributed by atoms with Crippen LogP contribution in [0.4, 0.5) is 0 Å². The zero-order valence-electron chi connectivity index (χ0n) is 14.0. The lowest BCUT2D eigenvalue weighted by molar-refractivity contribution is -0.142. The Hall–Kier alpha value is -2.17. The minimum Gasteiger partial charge on any atom is -0.480 e. The second-order valence-electron chi connectivity index (χ2n) is 6.55. The lowest BCUT2D eigenvalue weighted by atomic mass is 9.82. The molecule has 5 heteroatoms. The number of rotatable bonds is 9. The first-order valence-electron chi connectivity index (χ1n) is 7.85. The van der Waals surface area contributed by atoms with Crippen molar-refractivity contribution in [1.82, 2.24) is 5.32 Å². The molecule has 0 saturated carbocycles. The fourth-order valence-corrected chi connectivity index (χ4v) is 2.45. The van der Waals surface area contributed by atoms with Gasteiger partial charge in [-0.05, 0) is 11.8 Å². The van der Waals surface area contributed by atoms with Gasteiger partial charge in [0, 0.05) is 18.4 Å². The number of carbonyl (C=O) groups excluding carboxylic acids is 2. The van der Waals surface area contributed by atoms with Crippen LogP contribution in [0, 0.1) is 5.41 Å². The number of benzene rings is 1. The summed E-state index contributed by atoms with van der Waals surface area (Å²) in [6, 6.07) is 8.08. The van der Waals surface area contributed by atoms with E-state index in [4.69, 9.17) is 5.11 Å². The highest BCUT2D eigenvalue weighted by atomic mass is 16.4.